The Labute approximate surface area is 125 Å². The molecule has 2 atom stereocenters. The van der Waals surface area contributed by atoms with Gasteiger partial charge < -0.3 is 14.7 Å². The second-order valence-corrected chi connectivity index (χ2v) is 5.55. The third-order valence-electron chi connectivity index (χ3n) is 4.01. The number of likely N-dealkylation sites (tertiary alicyclic amines) is 1. The summed E-state index contributed by atoms with van der Waals surface area (Å²) in [6, 6.07) is 9.70. The van der Waals surface area contributed by atoms with Crippen molar-refractivity contribution in [2.75, 3.05) is 19.7 Å². The van der Waals surface area contributed by atoms with Gasteiger partial charge in [0.05, 0.1) is 0 Å². The zero-order valence-electron chi connectivity index (χ0n) is 12.4. The lowest BCUT2D eigenvalue weighted by Crippen LogP contribution is -2.42. The molecule has 1 fully saturated rings. The normalized spacial score (nSPS) is 19.5. The van der Waals surface area contributed by atoms with Gasteiger partial charge in [0.15, 0.2) is 0 Å². The van der Waals surface area contributed by atoms with Crippen LogP contribution in [0.5, 0.6) is 0 Å². The number of benzene rings is 1. The summed E-state index contributed by atoms with van der Waals surface area (Å²) in [6.45, 7) is 3.97. The first-order valence-corrected chi connectivity index (χ1v) is 7.27. The van der Waals surface area contributed by atoms with Crippen molar-refractivity contribution in [1.29, 1.82) is 0 Å². The van der Waals surface area contributed by atoms with Crippen LogP contribution in [0.2, 0.25) is 0 Å². The van der Waals surface area contributed by atoms with Crippen LogP contribution in [-0.4, -0.2) is 35.8 Å². The van der Waals surface area contributed by atoms with Crippen LogP contribution in [0.4, 0.5) is 9.50 Å². The number of amides is 1. The average Bonchev–Trinajstić information content (AvgIpc) is 2.53. The number of nitrogens with zero attached hydrogens (tertiary/aromatic N) is 1. The third-order valence-corrected chi connectivity index (χ3v) is 4.01. The fourth-order valence-electron chi connectivity index (χ4n) is 2.60. The zero-order chi connectivity index (χ0) is 14.4. The molecule has 0 radical (unpaired) electrons. The lowest BCUT2D eigenvalue weighted by atomic mass is 9.87. The summed E-state index contributed by atoms with van der Waals surface area (Å²) < 4.78 is 5.35. The summed E-state index contributed by atoms with van der Waals surface area (Å²) in [5.41, 5.74) is 0.998. The molecule has 1 aliphatic rings. The van der Waals surface area contributed by atoms with Crippen molar-refractivity contribution in [1.82, 2.24) is 4.90 Å². The highest BCUT2D eigenvalue weighted by atomic mass is 19.0. The molecule has 4 nitrogen and oxygen atoms in total. The predicted octanol–water partition coefficient (Wildman–Crippen LogP) is 2.82. The van der Waals surface area contributed by atoms with E-state index in [1.165, 1.54) is 0 Å². The summed E-state index contributed by atoms with van der Waals surface area (Å²) in [4.78, 5) is 13.8. The topological polar surface area (TPSA) is 49.8 Å². The van der Waals surface area contributed by atoms with Gasteiger partial charge in [0.2, 0.25) is 0 Å². The molecule has 0 bridgehead atoms. The monoisotopic (exact) mass is 297 g/mol. The fraction of sp³-hybridized carbons (Fsp3) is 0.562. The molecule has 0 aliphatic carbocycles. The van der Waals surface area contributed by atoms with Gasteiger partial charge in [-0.15, -0.1) is 0 Å². The third kappa shape index (κ3) is 5.01. The molecule has 2 unspecified atom stereocenters. The fourth-order valence-corrected chi connectivity index (χ4v) is 2.60. The van der Waals surface area contributed by atoms with Crippen LogP contribution in [0, 0.1) is 11.8 Å². The van der Waals surface area contributed by atoms with E-state index in [1.54, 1.807) is 4.90 Å². The minimum absolute atomic E-state index is 0. The SMILES string of the molecule is CC(CO)C1CCCN(C(=O)OCc2ccccc2)C1.F. The molecule has 1 amide bonds. The second-order valence-electron chi connectivity index (χ2n) is 5.55. The highest BCUT2D eigenvalue weighted by Gasteiger charge is 2.27. The van der Waals surface area contributed by atoms with E-state index in [9.17, 15) is 9.90 Å². The van der Waals surface area contributed by atoms with E-state index < -0.39 is 0 Å². The molecule has 0 saturated carbocycles. The Morgan fingerprint density at radius 3 is 2.81 bits per heavy atom. The van der Waals surface area contributed by atoms with Crippen molar-refractivity contribution < 1.29 is 19.3 Å². The van der Waals surface area contributed by atoms with Crippen LogP contribution in [0.1, 0.15) is 25.3 Å². The lowest BCUT2D eigenvalue weighted by Gasteiger charge is -2.34. The minimum Gasteiger partial charge on any atom is -0.445 e. The standard InChI is InChI=1S/C16H23NO3.FH/c1-13(11-18)15-8-5-9-17(10-15)16(19)20-12-14-6-3-2-4-7-14;/h2-4,6-7,13,15,18H,5,8-12H2,1H3;1H. The summed E-state index contributed by atoms with van der Waals surface area (Å²) in [7, 11) is 0. The van der Waals surface area contributed by atoms with Gasteiger partial charge in [-0.3, -0.25) is 4.70 Å². The average molecular weight is 297 g/mol. The Hall–Kier alpha value is -1.62. The number of hydrogen-bond acceptors (Lipinski definition) is 3. The van der Waals surface area contributed by atoms with Gasteiger partial charge in [-0.05, 0) is 30.2 Å². The quantitative estimate of drug-likeness (QED) is 0.929. The van der Waals surface area contributed by atoms with Crippen molar-refractivity contribution in [2.24, 2.45) is 11.8 Å². The van der Waals surface area contributed by atoms with E-state index in [0.717, 1.165) is 24.9 Å². The molecule has 1 N–H and O–H groups in total. The number of halogens is 1. The Balaban J connectivity index is 0.00000220. The molecular weight excluding hydrogens is 273 g/mol. The second kappa shape index (κ2) is 8.62. The molecule has 5 heteroatoms. The van der Waals surface area contributed by atoms with Gasteiger partial charge in [-0.2, -0.15) is 0 Å². The molecule has 1 aromatic carbocycles. The number of piperidine rings is 1. The Morgan fingerprint density at radius 1 is 1.43 bits per heavy atom. The number of carbonyl (C=O) groups excluding carboxylic acids is 1. The molecule has 2 rings (SSSR count). The summed E-state index contributed by atoms with van der Waals surface area (Å²) in [5.74, 6) is 0.609. The molecule has 0 aromatic heterocycles. The van der Waals surface area contributed by atoms with Crippen LogP contribution in [0.25, 0.3) is 0 Å². The van der Waals surface area contributed by atoms with Crippen molar-refractivity contribution in [2.45, 2.75) is 26.4 Å². The first-order chi connectivity index (χ1) is 9.70. The highest BCUT2D eigenvalue weighted by molar-refractivity contribution is 5.67. The van der Waals surface area contributed by atoms with E-state index in [1.807, 2.05) is 37.3 Å². The van der Waals surface area contributed by atoms with E-state index in [0.29, 0.717) is 19.1 Å². The number of rotatable bonds is 4. The molecule has 21 heavy (non-hydrogen) atoms. The van der Waals surface area contributed by atoms with E-state index >= 15 is 0 Å². The number of aliphatic hydroxyl groups is 1. The number of aliphatic hydroxyl groups excluding tert-OH is 1. The summed E-state index contributed by atoms with van der Waals surface area (Å²) in [5, 5.41) is 9.23. The Bertz CT molecular complexity index is 427. The van der Waals surface area contributed by atoms with Crippen molar-refractivity contribution in [3.63, 3.8) is 0 Å². The van der Waals surface area contributed by atoms with Crippen LogP contribution in [0.3, 0.4) is 0 Å². The van der Waals surface area contributed by atoms with Crippen LogP contribution < -0.4 is 0 Å². The van der Waals surface area contributed by atoms with Gasteiger partial charge in [0.25, 0.3) is 0 Å². The molecule has 0 spiro atoms. The largest absolute Gasteiger partial charge is 0.445 e. The molecule has 1 aromatic rings. The highest BCUT2D eigenvalue weighted by Crippen LogP contribution is 2.24. The van der Waals surface area contributed by atoms with Gasteiger partial charge in [0.1, 0.15) is 6.61 Å². The van der Waals surface area contributed by atoms with Crippen molar-refractivity contribution in [3.05, 3.63) is 35.9 Å². The smallest absolute Gasteiger partial charge is 0.410 e. The van der Waals surface area contributed by atoms with Gasteiger partial charge in [0, 0.05) is 19.7 Å². The molecule has 118 valence electrons. The van der Waals surface area contributed by atoms with Gasteiger partial charge in [-0.1, -0.05) is 37.3 Å². The first-order valence-electron chi connectivity index (χ1n) is 7.27. The molecule has 1 saturated heterocycles. The summed E-state index contributed by atoms with van der Waals surface area (Å²) in [6.07, 6.45) is 1.81. The predicted molar refractivity (Wildman–Crippen MR) is 79.7 cm³/mol. The Kier molecular flexibility index (Phi) is 7.15. The van der Waals surface area contributed by atoms with Crippen molar-refractivity contribution in [3.8, 4) is 0 Å². The lowest BCUT2D eigenvalue weighted by molar-refractivity contribution is 0.0634. The maximum atomic E-state index is 12.1. The van der Waals surface area contributed by atoms with Crippen molar-refractivity contribution >= 4 is 6.09 Å². The first kappa shape index (κ1) is 17.4. The van der Waals surface area contributed by atoms with Crippen LogP contribution in [-0.2, 0) is 11.3 Å². The maximum Gasteiger partial charge on any atom is 0.410 e. The zero-order valence-corrected chi connectivity index (χ0v) is 12.4. The summed E-state index contributed by atoms with van der Waals surface area (Å²) >= 11 is 0. The van der Waals surface area contributed by atoms with Crippen LogP contribution >= 0.6 is 0 Å². The van der Waals surface area contributed by atoms with Gasteiger partial charge >= 0.3 is 6.09 Å². The minimum atomic E-state index is -0.247. The van der Waals surface area contributed by atoms with E-state index in [2.05, 4.69) is 0 Å². The molecule has 1 aliphatic heterocycles. The Morgan fingerprint density at radius 2 is 2.14 bits per heavy atom. The maximum absolute atomic E-state index is 12.1. The van der Waals surface area contributed by atoms with E-state index in [-0.39, 0.29) is 23.3 Å². The number of hydrogen-bond donors (Lipinski definition) is 1. The van der Waals surface area contributed by atoms with Gasteiger partial charge in [-0.25, -0.2) is 4.79 Å². The molecule has 1 heterocycles. The molecular formula is C16H24FNO3. The number of ether oxygens (including phenoxy) is 1. The van der Waals surface area contributed by atoms with Crippen LogP contribution in [0.15, 0.2) is 30.3 Å². The van der Waals surface area contributed by atoms with E-state index in [4.69, 9.17) is 4.74 Å². The number of carbonyl (C=O) groups is 1.